The van der Waals surface area contributed by atoms with Gasteiger partial charge in [0, 0.05) is 5.69 Å². The van der Waals surface area contributed by atoms with Gasteiger partial charge in [0.05, 0.1) is 0 Å². The molecule has 0 aliphatic carbocycles. The van der Waals surface area contributed by atoms with E-state index in [2.05, 4.69) is 5.32 Å². The summed E-state index contributed by atoms with van der Waals surface area (Å²) in [6.45, 7) is 7.66. The Balaban J connectivity index is 2.44. The molecule has 1 unspecified atom stereocenters. The number of carboxylic acids is 1. The fraction of sp³-hybridized carbons (Fsp3) is 0.278. The minimum absolute atomic E-state index is 0.757. The molecule has 0 aliphatic heterocycles. The van der Waals surface area contributed by atoms with Crippen molar-refractivity contribution in [1.82, 2.24) is 0 Å². The van der Waals surface area contributed by atoms with E-state index in [1.54, 1.807) is 6.92 Å². The van der Waals surface area contributed by atoms with Crippen LogP contribution < -0.4 is 5.32 Å². The van der Waals surface area contributed by atoms with Gasteiger partial charge in [-0.1, -0.05) is 47.0 Å². The third-order valence-corrected chi connectivity index (χ3v) is 3.67. The van der Waals surface area contributed by atoms with E-state index in [9.17, 15) is 9.90 Å². The molecule has 0 fully saturated rings. The molecule has 0 aromatic heterocycles. The smallest absolute Gasteiger partial charge is 0.333 e. The average Bonchev–Trinajstić information content (AvgIpc) is 2.40. The predicted octanol–water partition coefficient (Wildman–Crippen LogP) is 4.02. The second-order valence-corrected chi connectivity index (χ2v) is 5.80. The van der Waals surface area contributed by atoms with Crippen molar-refractivity contribution < 1.29 is 9.90 Å². The molecule has 0 radical (unpaired) electrons. The zero-order valence-corrected chi connectivity index (χ0v) is 12.9. The van der Waals surface area contributed by atoms with Gasteiger partial charge in [0.15, 0.2) is 5.54 Å². The fourth-order valence-corrected chi connectivity index (χ4v) is 2.44. The van der Waals surface area contributed by atoms with Crippen LogP contribution in [0.1, 0.15) is 29.2 Å². The van der Waals surface area contributed by atoms with Crippen LogP contribution in [0.3, 0.4) is 0 Å². The van der Waals surface area contributed by atoms with Crippen LogP contribution in [-0.2, 0) is 10.3 Å². The molecule has 2 N–H and O–H groups in total. The Bertz CT molecular complexity index is 641. The van der Waals surface area contributed by atoms with E-state index in [1.165, 1.54) is 0 Å². The summed E-state index contributed by atoms with van der Waals surface area (Å²) in [7, 11) is 0. The molecule has 21 heavy (non-hydrogen) atoms. The maximum Gasteiger partial charge on any atom is 0.333 e. The highest BCUT2D eigenvalue weighted by Gasteiger charge is 2.35. The lowest BCUT2D eigenvalue weighted by atomic mass is 9.89. The van der Waals surface area contributed by atoms with Crippen LogP contribution >= 0.6 is 0 Å². The minimum Gasteiger partial charge on any atom is -0.479 e. The molecular formula is C18H21NO2. The number of anilines is 1. The first-order valence-electron chi connectivity index (χ1n) is 6.98. The Hall–Kier alpha value is -2.29. The lowest BCUT2D eigenvalue weighted by Gasteiger charge is -2.29. The first-order chi connectivity index (χ1) is 9.81. The van der Waals surface area contributed by atoms with Crippen molar-refractivity contribution in [3.05, 3.63) is 64.7 Å². The Morgan fingerprint density at radius 2 is 1.48 bits per heavy atom. The van der Waals surface area contributed by atoms with Crippen molar-refractivity contribution in [2.24, 2.45) is 0 Å². The van der Waals surface area contributed by atoms with Crippen molar-refractivity contribution in [3.63, 3.8) is 0 Å². The van der Waals surface area contributed by atoms with Crippen molar-refractivity contribution >= 4 is 11.7 Å². The maximum atomic E-state index is 11.9. The number of rotatable bonds is 4. The third kappa shape index (κ3) is 3.24. The van der Waals surface area contributed by atoms with Crippen molar-refractivity contribution in [2.75, 3.05) is 5.32 Å². The van der Waals surface area contributed by atoms with Gasteiger partial charge in [0.25, 0.3) is 0 Å². The van der Waals surface area contributed by atoms with Crippen LogP contribution in [-0.4, -0.2) is 11.1 Å². The van der Waals surface area contributed by atoms with Crippen molar-refractivity contribution in [2.45, 2.75) is 33.2 Å². The molecule has 1 atom stereocenters. The fourth-order valence-electron chi connectivity index (χ4n) is 2.44. The predicted molar refractivity (Wildman–Crippen MR) is 85.7 cm³/mol. The van der Waals surface area contributed by atoms with Gasteiger partial charge in [0.2, 0.25) is 0 Å². The molecule has 0 saturated carbocycles. The van der Waals surface area contributed by atoms with Gasteiger partial charge in [-0.25, -0.2) is 4.79 Å². The molecule has 2 rings (SSSR count). The van der Waals surface area contributed by atoms with Crippen LogP contribution in [0.5, 0.6) is 0 Å². The summed E-state index contributed by atoms with van der Waals surface area (Å²) in [5.41, 5.74) is 3.65. The summed E-state index contributed by atoms with van der Waals surface area (Å²) in [5.74, 6) is -0.895. The monoisotopic (exact) mass is 283 g/mol. The molecule has 3 heteroatoms. The lowest BCUT2D eigenvalue weighted by molar-refractivity contribution is -0.142. The number of aliphatic carboxylic acids is 1. The molecule has 0 spiro atoms. The number of hydrogen-bond donors (Lipinski definition) is 2. The van der Waals surface area contributed by atoms with E-state index in [1.807, 2.05) is 63.2 Å². The number of aryl methyl sites for hydroxylation is 3. The Labute approximate surface area is 125 Å². The summed E-state index contributed by atoms with van der Waals surface area (Å²) in [5, 5.41) is 12.9. The highest BCUT2D eigenvalue weighted by molar-refractivity contribution is 5.84. The molecule has 0 heterocycles. The third-order valence-electron chi connectivity index (χ3n) is 3.67. The van der Waals surface area contributed by atoms with Crippen LogP contribution in [0.15, 0.2) is 42.5 Å². The summed E-state index contributed by atoms with van der Waals surface area (Å²) in [4.78, 5) is 11.9. The van der Waals surface area contributed by atoms with E-state index in [-0.39, 0.29) is 0 Å². The molecule has 3 nitrogen and oxygen atoms in total. The topological polar surface area (TPSA) is 49.3 Å². The lowest BCUT2D eigenvalue weighted by Crippen LogP contribution is -2.40. The van der Waals surface area contributed by atoms with E-state index in [0.717, 1.165) is 27.9 Å². The maximum absolute atomic E-state index is 11.9. The van der Waals surface area contributed by atoms with Gasteiger partial charge in [-0.2, -0.15) is 0 Å². The Kier molecular flexibility index (Phi) is 4.03. The molecule has 0 bridgehead atoms. The zero-order valence-electron chi connectivity index (χ0n) is 12.9. The minimum atomic E-state index is -1.16. The molecular weight excluding hydrogens is 262 g/mol. The quantitative estimate of drug-likeness (QED) is 0.891. The SMILES string of the molecule is Cc1ccc(NC(C)(C(=O)O)c2cc(C)cc(C)c2)cc1. The van der Waals surface area contributed by atoms with Gasteiger partial charge in [-0.05, 0) is 45.4 Å². The first kappa shape index (κ1) is 15.1. The van der Waals surface area contributed by atoms with Gasteiger partial charge in [0.1, 0.15) is 0 Å². The second-order valence-electron chi connectivity index (χ2n) is 5.80. The molecule has 2 aromatic carbocycles. The van der Waals surface area contributed by atoms with E-state index < -0.39 is 11.5 Å². The number of carbonyl (C=O) groups is 1. The Morgan fingerprint density at radius 3 is 1.95 bits per heavy atom. The number of hydrogen-bond acceptors (Lipinski definition) is 2. The zero-order chi connectivity index (χ0) is 15.6. The normalized spacial score (nSPS) is 13.5. The Morgan fingerprint density at radius 1 is 0.952 bits per heavy atom. The van der Waals surface area contributed by atoms with Crippen LogP contribution in [0, 0.1) is 20.8 Å². The summed E-state index contributed by atoms with van der Waals surface area (Å²) < 4.78 is 0. The van der Waals surface area contributed by atoms with Gasteiger partial charge >= 0.3 is 5.97 Å². The molecule has 0 saturated heterocycles. The van der Waals surface area contributed by atoms with Crippen molar-refractivity contribution in [1.29, 1.82) is 0 Å². The van der Waals surface area contributed by atoms with E-state index in [0.29, 0.717) is 0 Å². The summed E-state index contributed by atoms with van der Waals surface area (Å²) in [6.07, 6.45) is 0. The number of benzene rings is 2. The van der Waals surface area contributed by atoms with E-state index in [4.69, 9.17) is 0 Å². The number of nitrogens with one attached hydrogen (secondary N) is 1. The molecule has 0 aliphatic rings. The highest BCUT2D eigenvalue weighted by Crippen LogP contribution is 2.28. The van der Waals surface area contributed by atoms with Gasteiger partial charge < -0.3 is 10.4 Å². The largest absolute Gasteiger partial charge is 0.479 e. The van der Waals surface area contributed by atoms with Crippen LogP contribution in [0.4, 0.5) is 5.69 Å². The van der Waals surface area contributed by atoms with Crippen LogP contribution in [0.25, 0.3) is 0 Å². The van der Waals surface area contributed by atoms with Crippen LogP contribution in [0.2, 0.25) is 0 Å². The highest BCUT2D eigenvalue weighted by atomic mass is 16.4. The van der Waals surface area contributed by atoms with Gasteiger partial charge in [-0.3, -0.25) is 0 Å². The molecule has 2 aromatic rings. The first-order valence-corrected chi connectivity index (χ1v) is 6.98. The number of carboxylic acid groups (broad SMARTS) is 1. The van der Waals surface area contributed by atoms with Crippen molar-refractivity contribution in [3.8, 4) is 0 Å². The van der Waals surface area contributed by atoms with E-state index >= 15 is 0 Å². The second kappa shape index (κ2) is 5.60. The van der Waals surface area contributed by atoms with Gasteiger partial charge in [-0.15, -0.1) is 0 Å². The average molecular weight is 283 g/mol. The molecule has 110 valence electrons. The summed E-state index contributed by atoms with van der Waals surface area (Å²) >= 11 is 0. The molecule has 0 amide bonds. The summed E-state index contributed by atoms with van der Waals surface area (Å²) in [6, 6.07) is 13.6. The standard InChI is InChI=1S/C18H21NO2/c1-12-5-7-16(8-6-12)19-18(4,17(20)21)15-10-13(2)9-14(3)11-15/h5-11,19H,1-4H3,(H,20,21).